The maximum Gasteiger partial charge on any atom is 0.238 e. The van der Waals surface area contributed by atoms with Gasteiger partial charge in [0.05, 0.1) is 6.54 Å². The first kappa shape index (κ1) is 15.7. The van der Waals surface area contributed by atoms with Crippen LogP contribution in [0.25, 0.3) is 11.1 Å². The van der Waals surface area contributed by atoms with E-state index in [9.17, 15) is 9.90 Å². The van der Waals surface area contributed by atoms with E-state index in [1.807, 2.05) is 54.6 Å². The lowest BCUT2D eigenvalue weighted by atomic mass is 10.0. The van der Waals surface area contributed by atoms with Gasteiger partial charge >= 0.3 is 0 Å². The number of carbonyl (C=O) groups excluding carboxylic acids is 1. The zero-order valence-corrected chi connectivity index (χ0v) is 13.1. The van der Waals surface area contributed by atoms with Crippen LogP contribution >= 0.6 is 0 Å². The largest absolute Gasteiger partial charge is 0.396 e. The molecule has 2 aromatic carbocycles. The molecule has 23 heavy (non-hydrogen) atoms. The van der Waals surface area contributed by atoms with Crippen LogP contribution in [0, 0.1) is 5.92 Å². The van der Waals surface area contributed by atoms with E-state index < -0.39 is 0 Å². The summed E-state index contributed by atoms with van der Waals surface area (Å²) < 4.78 is 0. The summed E-state index contributed by atoms with van der Waals surface area (Å²) in [6.45, 7) is 2.25. The number of nitrogens with zero attached hydrogens (tertiary/aromatic N) is 1. The van der Waals surface area contributed by atoms with E-state index in [-0.39, 0.29) is 12.5 Å². The molecule has 2 N–H and O–H groups in total. The fraction of sp³-hybridized carbons (Fsp3) is 0.316. The average molecular weight is 310 g/mol. The monoisotopic (exact) mass is 310 g/mol. The Morgan fingerprint density at radius 1 is 1.13 bits per heavy atom. The summed E-state index contributed by atoms with van der Waals surface area (Å²) in [5, 5.41) is 12.2. The molecule has 120 valence electrons. The summed E-state index contributed by atoms with van der Waals surface area (Å²) in [4.78, 5) is 14.4. The number of nitrogens with one attached hydrogen (secondary N) is 1. The Balaban J connectivity index is 1.67. The van der Waals surface area contributed by atoms with Gasteiger partial charge in [0, 0.05) is 24.4 Å². The quantitative estimate of drug-likeness (QED) is 0.892. The van der Waals surface area contributed by atoms with Crippen LogP contribution < -0.4 is 5.32 Å². The number of likely N-dealkylation sites (tertiary alicyclic amines) is 1. The lowest BCUT2D eigenvalue weighted by Gasteiger charge is -2.16. The molecule has 4 nitrogen and oxygen atoms in total. The second-order valence-electron chi connectivity index (χ2n) is 6.03. The maximum absolute atomic E-state index is 12.3. The van der Waals surface area contributed by atoms with Gasteiger partial charge in [0.25, 0.3) is 0 Å². The summed E-state index contributed by atoms with van der Waals surface area (Å²) in [6, 6.07) is 17.9. The van der Waals surface area contributed by atoms with Crippen LogP contribution in [0.5, 0.6) is 0 Å². The molecule has 3 rings (SSSR count). The second-order valence-corrected chi connectivity index (χ2v) is 6.03. The summed E-state index contributed by atoms with van der Waals surface area (Å²) in [6.07, 6.45) is 0.963. The highest BCUT2D eigenvalue weighted by Crippen LogP contribution is 2.27. The number of aliphatic hydroxyl groups excluding tert-OH is 1. The van der Waals surface area contributed by atoms with Gasteiger partial charge in [-0.25, -0.2) is 0 Å². The Hall–Kier alpha value is -2.17. The van der Waals surface area contributed by atoms with Crippen LogP contribution in [0.3, 0.4) is 0 Å². The molecule has 2 aromatic rings. The van der Waals surface area contributed by atoms with Gasteiger partial charge in [-0.1, -0.05) is 48.5 Å². The molecule has 1 aliphatic rings. The van der Waals surface area contributed by atoms with Gasteiger partial charge in [0.15, 0.2) is 0 Å². The van der Waals surface area contributed by atoms with Crippen molar-refractivity contribution in [3.63, 3.8) is 0 Å². The third-order valence-electron chi connectivity index (χ3n) is 4.28. The molecule has 0 aromatic heterocycles. The van der Waals surface area contributed by atoms with E-state index in [0.717, 1.165) is 36.3 Å². The predicted molar refractivity (Wildman–Crippen MR) is 92.1 cm³/mol. The van der Waals surface area contributed by atoms with Gasteiger partial charge in [-0.2, -0.15) is 0 Å². The lowest BCUT2D eigenvalue weighted by molar-refractivity contribution is -0.117. The number of carbonyl (C=O) groups is 1. The van der Waals surface area contributed by atoms with Gasteiger partial charge in [-0.3, -0.25) is 9.69 Å². The lowest BCUT2D eigenvalue weighted by Crippen LogP contribution is -2.32. The molecule has 4 heteroatoms. The Labute approximate surface area is 136 Å². The zero-order valence-electron chi connectivity index (χ0n) is 13.1. The SMILES string of the molecule is O=C(CN1CCC(CO)C1)Nc1ccccc1-c1ccccc1. The Morgan fingerprint density at radius 2 is 1.87 bits per heavy atom. The first-order valence-electron chi connectivity index (χ1n) is 8.04. The number of aliphatic hydroxyl groups is 1. The highest BCUT2D eigenvalue weighted by Gasteiger charge is 2.23. The van der Waals surface area contributed by atoms with Gasteiger partial charge in [0.1, 0.15) is 0 Å². The number of amides is 1. The van der Waals surface area contributed by atoms with E-state index in [2.05, 4.69) is 10.2 Å². The van der Waals surface area contributed by atoms with Crippen molar-refractivity contribution in [1.82, 2.24) is 4.90 Å². The van der Waals surface area contributed by atoms with E-state index in [1.54, 1.807) is 0 Å². The van der Waals surface area contributed by atoms with Crippen molar-refractivity contribution in [1.29, 1.82) is 0 Å². The minimum absolute atomic E-state index is 0.00743. The van der Waals surface area contributed by atoms with Gasteiger partial charge in [-0.05, 0) is 30.5 Å². The molecule has 0 bridgehead atoms. The summed E-state index contributed by atoms with van der Waals surface area (Å²) in [7, 11) is 0. The first-order valence-corrected chi connectivity index (χ1v) is 8.04. The van der Waals surface area contributed by atoms with E-state index in [0.29, 0.717) is 12.5 Å². The third kappa shape index (κ3) is 3.97. The fourth-order valence-electron chi connectivity index (χ4n) is 3.06. The van der Waals surface area contributed by atoms with E-state index in [4.69, 9.17) is 0 Å². The molecule has 1 amide bonds. The first-order chi connectivity index (χ1) is 11.3. The predicted octanol–water partition coefficient (Wildman–Crippen LogP) is 2.61. The van der Waals surface area contributed by atoms with Gasteiger partial charge in [-0.15, -0.1) is 0 Å². The van der Waals surface area contributed by atoms with Crippen molar-refractivity contribution in [2.75, 3.05) is 31.6 Å². The van der Waals surface area contributed by atoms with Crippen molar-refractivity contribution < 1.29 is 9.90 Å². The topological polar surface area (TPSA) is 52.6 Å². The molecule has 1 fully saturated rings. The molecule has 0 aliphatic carbocycles. The smallest absolute Gasteiger partial charge is 0.238 e. The van der Waals surface area contributed by atoms with Gasteiger partial charge in [0.2, 0.25) is 5.91 Å². The standard InChI is InChI=1S/C19H22N2O2/c22-14-15-10-11-21(12-15)13-19(23)20-18-9-5-4-8-17(18)16-6-2-1-3-7-16/h1-9,15,22H,10-14H2,(H,20,23). The Morgan fingerprint density at radius 3 is 2.61 bits per heavy atom. The number of hydrogen-bond donors (Lipinski definition) is 2. The molecule has 1 aliphatic heterocycles. The molecular formula is C19H22N2O2. The highest BCUT2D eigenvalue weighted by atomic mass is 16.3. The molecule has 0 saturated carbocycles. The molecule has 0 spiro atoms. The van der Waals surface area contributed by atoms with E-state index in [1.165, 1.54) is 0 Å². The number of rotatable bonds is 5. The van der Waals surface area contributed by atoms with E-state index >= 15 is 0 Å². The van der Waals surface area contributed by atoms with Crippen molar-refractivity contribution in [2.45, 2.75) is 6.42 Å². The minimum atomic E-state index is -0.00743. The van der Waals surface area contributed by atoms with Crippen molar-refractivity contribution in [2.24, 2.45) is 5.92 Å². The van der Waals surface area contributed by atoms with Crippen LogP contribution in [-0.2, 0) is 4.79 Å². The van der Waals surface area contributed by atoms with Crippen molar-refractivity contribution in [3.05, 3.63) is 54.6 Å². The van der Waals surface area contributed by atoms with Crippen LogP contribution in [0.15, 0.2) is 54.6 Å². The zero-order chi connectivity index (χ0) is 16.1. The second kappa shape index (κ2) is 7.40. The Kier molecular flexibility index (Phi) is 5.05. The molecule has 1 atom stereocenters. The molecular weight excluding hydrogens is 288 g/mol. The molecule has 1 unspecified atom stereocenters. The fourth-order valence-corrected chi connectivity index (χ4v) is 3.06. The van der Waals surface area contributed by atoms with Gasteiger partial charge < -0.3 is 10.4 Å². The Bertz CT molecular complexity index is 657. The normalized spacial score (nSPS) is 18.0. The third-order valence-corrected chi connectivity index (χ3v) is 4.28. The minimum Gasteiger partial charge on any atom is -0.396 e. The summed E-state index contributed by atoms with van der Waals surface area (Å²) in [5.41, 5.74) is 2.95. The highest BCUT2D eigenvalue weighted by molar-refractivity contribution is 5.96. The van der Waals surface area contributed by atoms with Crippen molar-refractivity contribution >= 4 is 11.6 Å². The number of benzene rings is 2. The summed E-state index contributed by atoms with van der Waals surface area (Å²) in [5.74, 6) is 0.298. The summed E-state index contributed by atoms with van der Waals surface area (Å²) >= 11 is 0. The van der Waals surface area contributed by atoms with Crippen LogP contribution in [0.2, 0.25) is 0 Å². The molecule has 1 saturated heterocycles. The number of hydrogen-bond acceptors (Lipinski definition) is 3. The van der Waals surface area contributed by atoms with Crippen molar-refractivity contribution in [3.8, 4) is 11.1 Å². The number of para-hydroxylation sites is 1. The van der Waals surface area contributed by atoms with Crippen LogP contribution in [0.1, 0.15) is 6.42 Å². The average Bonchev–Trinajstić information content (AvgIpc) is 3.03. The number of anilines is 1. The van der Waals surface area contributed by atoms with Crippen LogP contribution in [-0.4, -0.2) is 42.2 Å². The molecule has 1 heterocycles. The van der Waals surface area contributed by atoms with Crippen LogP contribution in [0.4, 0.5) is 5.69 Å². The maximum atomic E-state index is 12.3. The molecule has 0 radical (unpaired) electrons.